The summed E-state index contributed by atoms with van der Waals surface area (Å²) in [4.78, 5) is 8.74. The molecule has 0 unspecified atom stereocenters. The summed E-state index contributed by atoms with van der Waals surface area (Å²) in [6, 6.07) is 29.0. The maximum absolute atomic E-state index is 13.7. The Morgan fingerprint density at radius 2 is 1.64 bits per heavy atom. The normalized spacial score (nSPS) is 11.7. The van der Waals surface area contributed by atoms with Gasteiger partial charge in [-0.05, 0) is 59.5 Å². The van der Waals surface area contributed by atoms with Crippen LogP contribution in [-0.4, -0.2) is 35.8 Å². The lowest BCUT2D eigenvalue weighted by Gasteiger charge is -2.23. The zero-order valence-corrected chi connectivity index (χ0v) is 23.2. The van der Waals surface area contributed by atoms with Crippen LogP contribution in [0.1, 0.15) is 16.8 Å². The molecule has 8 heteroatoms. The SMILES string of the molecule is Cc1cc(NCCN(Cc2cccnc2)S(=O)(=O)Cc2ccc(-c3ccccc3)cc2)c2cc(Cl)ccc2n1. The molecule has 0 fully saturated rings. The third-order valence-corrected chi connectivity index (χ3v) is 8.49. The molecule has 2 heterocycles. The number of benzene rings is 3. The van der Waals surface area contributed by atoms with Crippen LogP contribution >= 0.6 is 11.6 Å². The summed E-state index contributed by atoms with van der Waals surface area (Å²) in [6.07, 6.45) is 3.38. The summed E-state index contributed by atoms with van der Waals surface area (Å²) in [5, 5.41) is 4.93. The first-order valence-electron chi connectivity index (χ1n) is 12.7. The Bertz CT molecular complexity index is 1660. The number of hydrogen-bond donors (Lipinski definition) is 1. The highest BCUT2D eigenvalue weighted by Gasteiger charge is 2.23. The standard InChI is InChI=1S/C31H29ClN4O2S/c1-23-18-31(29-19-28(32)13-14-30(29)35-23)34-16-17-36(21-25-6-5-15-33-20-25)39(37,38)22-24-9-11-27(12-10-24)26-7-3-2-4-8-26/h2-15,18-20H,16-17,21-22H2,1H3,(H,34,35). The van der Waals surface area contributed by atoms with Crippen LogP contribution in [-0.2, 0) is 22.3 Å². The van der Waals surface area contributed by atoms with Crippen molar-refractivity contribution in [2.24, 2.45) is 0 Å². The largest absolute Gasteiger partial charge is 0.383 e. The van der Waals surface area contributed by atoms with Gasteiger partial charge in [0.25, 0.3) is 0 Å². The van der Waals surface area contributed by atoms with Gasteiger partial charge < -0.3 is 5.32 Å². The maximum atomic E-state index is 13.7. The molecule has 198 valence electrons. The van der Waals surface area contributed by atoms with Crippen LogP contribution in [0.2, 0.25) is 5.02 Å². The fourth-order valence-electron chi connectivity index (χ4n) is 4.53. The minimum Gasteiger partial charge on any atom is -0.383 e. The van der Waals surface area contributed by atoms with E-state index < -0.39 is 10.0 Å². The van der Waals surface area contributed by atoms with Gasteiger partial charge in [-0.15, -0.1) is 0 Å². The van der Waals surface area contributed by atoms with Gasteiger partial charge in [-0.1, -0.05) is 72.3 Å². The Balaban J connectivity index is 1.34. The van der Waals surface area contributed by atoms with Gasteiger partial charge in [-0.2, -0.15) is 4.31 Å². The average Bonchev–Trinajstić information content (AvgIpc) is 2.94. The number of anilines is 1. The van der Waals surface area contributed by atoms with E-state index >= 15 is 0 Å². The van der Waals surface area contributed by atoms with Crippen LogP contribution in [0.5, 0.6) is 0 Å². The number of aromatic nitrogens is 2. The summed E-state index contributed by atoms with van der Waals surface area (Å²) >= 11 is 6.24. The van der Waals surface area contributed by atoms with Gasteiger partial charge in [0.05, 0.1) is 11.3 Å². The van der Waals surface area contributed by atoms with Crippen LogP contribution in [0.4, 0.5) is 5.69 Å². The van der Waals surface area contributed by atoms with Gasteiger partial charge in [-0.25, -0.2) is 8.42 Å². The minimum atomic E-state index is -3.63. The van der Waals surface area contributed by atoms with Gasteiger partial charge in [0.2, 0.25) is 10.0 Å². The fourth-order valence-corrected chi connectivity index (χ4v) is 6.21. The van der Waals surface area contributed by atoms with E-state index in [4.69, 9.17) is 11.6 Å². The van der Waals surface area contributed by atoms with E-state index in [0.29, 0.717) is 11.6 Å². The monoisotopic (exact) mass is 556 g/mol. The lowest BCUT2D eigenvalue weighted by atomic mass is 10.0. The van der Waals surface area contributed by atoms with Crippen molar-refractivity contribution in [3.8, 4) is 11.1 Å². The number of hydrogen-bond acceptors (Lipinski definition) is 5. The second kappa shape index (κ2) is 11.9. The number of nitrogens with one attached hydrogen (secondary N) is 1. The van der Waals surface area contributed by atoms with Crippen molar-refractivity contribution < 1.29 is 8.42 Å². The third kappa shape index (κ3) is 6.81. The first-order valence-corrected chi connectivity index (χ1v) is 14.7. The average molecular weight is 557 g/mol. The Morgan fingerprint density at radius 3 is 2.38 bits per heavy atom. The predicted octanol–water partition coefficient (Wildman–Crippen LogP) is 6.70. The number of sulfonamides is 1. The molecule has 0 radical (unpaired) electrons. The zero-order chi connectivity index (χ0) is 27.2. The molecule has 0 amide bonds. The molecule has 6 nitrogen and oxygen atoms in total. The topological polar surface area (TPSA) is 75.2 Å². The molecule has 2 aromatic heterocycles. The fraction of sp³-hybridized carbons (Fsp3) is 0.161. The summed E-state index contributed by atoms with van der Waals surface area (Å²) < 4.78 is 28.8. The molecule has 0 aliphatic carbocycles. The van der Waals surface area contributed by atoms with E-state index in [-0.39, 0.29) is 18.8 Å². The van der Waals surface area contributed by atoms with Crippen molar-refractivity contribution in [2.45, 2.75) is 19.2 Å². The first kappa shape index (κ1) is 26.8. The first-order chi connectivity index (χ1) is 18.9. The molecule has 0 saturated heterocycles. The smallest absolute Gasteiger partial charge is 0.218 e. The van der Waals surface area contributed by atoms with E-state index in [1.807, 2.05) is 97.9 Å². The molecule has 5 rings (SSSR count). The molecule has 0 atom stereocenters. The van der Waals surface area contributed by atoms with Gasteiger partial charge in [0.1, 0.15) is 0 Å². The van der Waals surface area contributed by atoms with E-state index in [2.05, 4.69) is 15.3 Å². The molecule has 1 N–H and O–H groups in total. The second-order valence-electron chi connectivity index (χ2n) is 9.41. The quantitative estimate of drug-likeness (QED) is 0.207. The lowest BCUT2D eigenvalue weighted by molar-refractivity contribution is 0.416. The predicted molar refractivity (Wildman–Crippen MR) is 159 cm³/mol. The Morgan fingerprint density at radius 1 is 0.872 bits per heavy atom. The zero-order valence-electron chi connectivity index (χ0n) is 21.6. The van der Waals surface area contributed by atoms with E-state index in [1.165, 1.54) is 4.31 Å². The Kier molecular flexibility index (Phi) is 8.21. The number of aryl methyl sites for hydroxylation is 1. The third-order valence-electron chi connectivity index (χ3n) is 6.46. The lowest BCUT2D eigenvalue weighted by Crippen LogP contribution is -2.35. The number of rotatable bonds is 10. The van der Waals surface area contributed by atoms with Crippen molar-refractivity contribution >= 4 is 38.2 Å². The maximum Gasteiger partial charge on any atom is 0.218 e. The summed E-state index contributed by atoms with van der Waals surface area (Å²) in [6.45, 7) is 2.86. The summed E-state index contributed by atoms with van der Waals surface area (Å²) in [7, 11) is -3.63. The highest BCUT2D eigenvalue weighted by molar-refractivity contribution is 7.88. The van der Waals surface area contributed by atoms with Crippen molar-refractivity contribution in [1.82, 2.24) is 14.3 Å². The van der Waals surface area contributed by atoms with Gasteiger partial charge >= 0.3 is 0 Å². The van der Waals surface area contributed by atoms with Crippen LogP contribution < -0.4 is 5.32 Å². The van der Waals surface area contributed by atoms with Crippen molar-refractivity contribution in [1.29, 1.82) is 0 Å². The summed E-state index contributed by atoms with van der Waals surface area (Å²) in [5.74, 6) is -0.0881. The number of nitrogens with zero attached hydrogens (tertiary/aromatic N) is 3. The van der Waals surface area contributed by atoms with Gasteiger partial charge in [-0.3, -0.25) is 9.97 Å². The summed E-state index contributed by atoms with van der Waals surface area (Å²) in [5.41, 5.74) is 6.29. The van der Waals surface area contributed by atoms with Crippen LogP contribution in [0.3, 0.4) is 0 Å². The molecule has 0 spiro atoms. The highest BCUT2D eigenvalue weighted by atomic mass is 35.5. The molecule has 0 saturated carbocycles. The van der Waals surface area contributed by atoms with Crippen LogP contribution in [0, 0.1) is 6.92 Å². The number of halogens is 1. The Labute approximate surface area is 234 Å². The molecule has 3 aromatic carbocycles. The molecular formula is C31H29ClN4O2S. The van der Waals surface area contributed by atoms with E-state index in [1.54, 1.807) is 12.4 Å². The number of pyridine rings is 2. The molecular weight excluding hydrogens is 528 g/mol. The highest BCUT2D eigenvalue weighted by Crippen LogP contribution is 2.26. The van der Waals surface area contributed by atoms with Crippen molar-refractivity contribution in [3.05, 3.63) is 125 Å². The second-order valence-corrected chi connectivity index (χ2v) is 11.8. The van der Waals surface area contributed by atoms with Gasteiger partial charge in [0.15, 0.2) is 0 Å². The van der Waals surface area contributed by atoms with E-state index in [9.17, 15) is 8.42 Å². The molecule has 0 bridgehead atoms. The van der Waals surface area contributed by atoms with Crippen molar-refractivity contribution in [3.63, 3.8) is 0 Å². The Hall–Kier alpha value is -3.78. The van der Waals surface area contributed by atoms with Crippen LogP contribution in [0.25, 0.3) is 22.0 Å². The minimum absolute atomic E-state index is 0.0881. The van der Waals surface area contributed by atoms with Gasteiger partial charge in [0, 0.05) is 53.8 Å². The molecule has 5 aromatic rings. The number of fused-ring (bicyclic) bond motifs is 1. The molecule has 39 heavy (non-hydrogen) atoms. The van der Waals surface area contributed by atoms with E-state index in [0.717, 1.165) is 44.5 Å². The van der Waals surface area contributed by atoms with Crippen molar-refractivity contribution in [2.75, 3.05) is 18.4 Å². The van der Waals surface area contributed by atoms with Crippen LogP contribution in [0.15, 0.2) is 103 Å². The molecule has 0 aliphatic rings. The molecule has 0 aliphatic heterocycles.